The van der Waals surface area contributed by atoms with E-state index in [1.54, 1.807) is 18.2 Å². The quantitative estimate of drug-likeness (QED) is 0.0886. The van der Waals surface area contributed by atoms with E-state index in [4.69, 9.17) is 14.2 Å². The van der Waals surface area contributed by atoms with Gasteiger partial charge in [0.15, 0.2) is 11.5 Å². The van der Waals surface area contributed by atoms with Crippen molar-refractivity contribution in [1.29, 1.82) is 0 Å². The van der Waals surface area contributed by atoms with Crippen molar-refractivity contribution in [2.45, 2.75) is 99.0 Å². The summed E-state index contributed by atoms with van der Waals surface area (Å²) in [6.45, 7) is 16.9. The normalized spacial score (nSPS) is 16.9. The van der Waals surface area contributed by atoms with Gasteiger partial charge in [0, 0.05) is 49.8 Å². The summed E-state index contributed by atoms with van der Waals surface area (Å²) in [6, 6.07) is 15.0. The standard InChI is InChI=1S/C31H43FN2O4.C11H15F.C2H2/c1-6-7-8-13-36-19-33(5)25-11-9-23(10-12-25)28-14-24(17-34(28)18-29(35)22(4)21(2)3)26-15-30-31(16-27(26)32)38-20-37-30;1-4-9-6-11(12)7-10(5-2)8(9)3;1-2/h9-12,15-16,21-22,24,28H,6-8,13-14,17-20H2,1-5H3;6-7H,4-5H2,1-3H3;1-2H/t22?,24-,28-;;/m1../s1. The van der Waals surface area contributed by atoms with Gasteiger partial charge in [-0.3, -0.25) is 9.69 Å². The molecule has 0 aliphatic carbocycles. The summed E-state index contributed by atoms with van der Waals surface area (Å²) in [5.74, 6) is 1.10. The molecule has 1 fully saturated rings. The highest BCUT2D eigenvalue weighted by Crippen LogP contribution is 2.44. The van der Waals surface area contributed by atoms with Gasteiger partial charge in [-0.15, -0.1) is 12.8 Å². The molecule has 1 saturated heterocycles. The molecule has 0 amide bonds. The molecule has 0 spiro atoms. The second-order valence-corrected chi connectivity index (χ2v) is 14.2. The summed E-state index contributed by atoms with van der Waals surface area (Å²) in [5.41, 5.74) is 6.36. The van der Waals surface area contributed by atoms with Gasteiger partial charge in [-0.05, 0) is 96.7 Å². The smallest absolute Gasteiger partial charge is 0.231 e. The SMILES string of the molecule is C#C.CCCCCOCN(C)c1ccc([C@H]2C[C@@H](c3cc4c(cc3F)OCO4)CN2CC(=O)C(C)C(C)C)cc1.CCc1cc(F)cc(CC)c1C. The molecule has 0 aromatic heterocycles. The lowest BCUT2D eigenvalue weighted by Gasteiger charge is -2.27. The van der Waals surface area contributed by atoms with Crippen LogP contribution in [-0.4, -0.2) is 51.0 Å². The summed E-state index contributed by atoms with van der Waals surface area (Å²) in [5, 5.41) is 0. The fourth-order valence-electron chi connectivity index (χ4n) is 6.82. The Morgan fingerprint density at radius 1 is 0.962 bits per heavy atom. The number of ketones is 1. The van der Waals surface area contributed by atoms with Crippen LogP contribution in [0.25, 0.3) is 0 Å². The van der Waals surface area contributed by atoms with E-state index in [0.29, 0.717) is 36.9 Å². The second kappa shape index (κ2) is 20.9. The minimum atomic E-state index is -0.280. The summed E-state index contributed by atoms with van der Waals surface area (Å²) in [6.07, 6.45) is 14.0. The van der Waals surface area contributed by atoms with Crippen molar-refractivity contribution in [3.05, 3.63) is 88.0 Å². The number of unbranched alkanes of at least 4 members (excludes halogenated alkanes) is 2. The van der Waals surface area contributed by atoms with Crippen LogP contribution in [-0.2, 0) is 22.4 Å². The van der Waals surface area contributed by atoms with E-state index in [1.165, 1.54) is 24.5 Å². The molecule has 3 aromatic rings. The number of aryl methyl sites for hydroxylation is 2. The average Bonchev–Trinajstić information content (AvgIpc) is 3.79. The maximum Gasteiger partial charge on any atom is 0.231 e. The maximum absolute atomic E-state index is 15.1. The predicted molar refractivity (Wildman–Crippen MR) is 208 cm³/mol. The molecule has 2 aliphatic heterocycles. The number of anilines is 1. The number of hydrogen-bond donors (Lipinski definition) is 0. The van der Waals surface area contributed by atoms with E-state index >= 15 is 4.39 Å². The lowest BCUT2D eigenvalue weighted by atomic mass is 9.92. The number of likely N-dealkylation sites (tertiary alicyclic amines) is 1. The fourth-order valence-corrected chi connectivity index (χ4v) is 6.82. The van der Waals surface area contributed by atoms with E-state index in [2.05, 4.69) is 88.5 Å². The Kier molecular flexibility index (Phi) is 17.1. The molecule has 3 atom stereocenters. The highest BCUT2D eigenvalue weighted by atomic mass is 19.1. The molecule has 0 bridgehead atoms. The fraction of sp³-hybridized carbons (Fsp3) is 0.523. The monoisotopic (exact) mass is 718 g/mol. The van der Waals surface area contributed by atoms with Crippen LogP contribution in [0.2, 0.25) is 0 Å². The van der Waals surface area contributed by atoms with Crippen LogP contribution in [0.4, 0.5) is 14.5 Å². The topological polar surface area (TPSA) is 51.2 Å². The average molecular weight is 719 g/mol. The van der Waals surface area contributed by atoms with Crippen LogP contribution < -0.4 is 14.4 Å². The van der Waals surface area contributed by atoms with Gasteiger partial charge in [-0.25, -0.2) is 8.78 Å². The Bertz CT molecular complexity index is 1560. The minimum Gasteiger partial charge on any atom is -0.454 e. The number of terminal acetylenes is 1. The highest BCUT2D eigenvalue weighted by molar-refractivity contribution is 5.83. The molecule has 1 unspecified atom stereocenters. The van der Waals surface area contributed by atoms with Gasteiger partial charge in [0.2, 0.25) is 6.79 Å². The molecule has 2 aliphatic rings. The summed E-state index contributed by atoms with van der Waals surface area (Å²) in [4.78, 5) is 17.4. The molecular formula is C44H60F2N2O4. The predicted octanol–water partition coefficient (Wildman–Crippen LogP) is 10.1. The van der Waals surface area contributed by atoms with Crippen molar-refractivity contribution in [2.75, 3.05) is 45.2 Å². The van der Waals surface area contributed by atoms with Gasteiger partial charge >= 0.3 is 0 Å². The van der Waals surface area contributed by atoms with Crippen LogP contribution in [0.3, 0.4) is 0 Å². The van der Waals surface area contributed by atoms with E-state index in [9.17, 15) is 9.18 Å². The lowest BCUT2D eigenvalue weighted by Crippen LogP contribution is -2.34. The van der Waals surface area contributed by atoms with E-state index < -0.39 is 0 Å². The summed E-state index contributed by atoms with van der Waals surface area (Å²) < 4.78 is 44.8. The molecule has 3 aromatic carbocycles. The zero-order chi connectivity index (χ0) is 38.4. The van der Waals surface area contributed by atoms with E-state index in [0.717, 1.165) is 54.7 Å². The molecule has 284 valence electrons. The molecule has 2 heterocycles. The third kappa shape index (κ3) is 11.3. The van der Waals surface area contributed by atoms with Crippen molar-refractivity contribution in [2.24, 2.45) is 11.8 Å². The van der Waals surface area contributed by atoms with Gasteiger partial charge in [0.1, 0.15) is 24.1 Å². The molecule has 52 heavy (non-hydrogen) atoms. The highest BCUT2D eigenvalue weighted by Gasteiger charge is 2.37. The molecule has 5 rings (SSSR count). The third-order valence-corrected chi connectivity index (χ3v) is 10.4. The van der Waals surface area contributed by atoms with Crippen molar-refractivity contribution in [1.82, 2.24) is 4.90 Å². The van der Waals surface area contributed by atoms with Crippen LogP contribution >= 0.6 is 0 Å². The Morgan fingerprint density at radius 3 is 2.15 bits per heavy atom. The van der Waals surface area contributed by atoms with Gasteiger partial charge < -0.3 is 19.1 Å². The van der Waals surface area contributed by atoms with Gasteiger partial charge in [0.05, 0.1) is 6.54 Å². The third-order valence-electron chi connectivity index (χ3n) is 10.4. The maximum atomic E-state index is 15.1. The van der Waals surface area contributed by atoms with Gasteiger partial charge in [-0.2, -0.15) is 0 Å². The van der Waals surface area contributed by atoms with Crippen molar-refractivity contribution in [3.8, 4) is 24.3 Å². The number of nitrogens with zero attached hydrogens (tertiary/aromatic N) is 2. The molecular weight excluding hydrogens is 658 g/mol. The minimum absolute atomic E-state index is 0.0228. The first-order chi connectivity index (χ1) is 25.0. The van der Waals surface area contributed by atoms with E-state index in [1.807, 2.05) is 14.0 Å². The van der Waals surface area contributed by atoms with Crippen molar-refractivity contribution < 1.29 is 27.8 Å². The Morgan fingerprint density at radius 2 is 1.58 bits per heavy atom. The molecule has 0 radical (unpaired) electrons. The van der Waals surface area contributed by atoms with Crippen LogP contribution in [0, 0.1) is 43.2 Å². The van der Waals surface area contributed by atoms with Crippen LogP contribution in [0.1, 0.15) is 107 Å². The largest absolute Gasteiger partial charge is 0.454 e. The second-order valence-electron chi connectivity index (χ2n) is 14.2. The van der Waals surface area contributed by atoms with Crippen molar-refractivity contribution in [3.63, 3.8) is 0 Å². The number of Topliss-reactive ketones (excluding diaryl/α,β-unsaturated/α-hetero) is 1. The van der Waals surface area contributed by atoms with Crippen molar-refractivity contribution >= 4 is 11.5 Å². The number of hydrogen-bond acceptors (Lipinski definition) is 6. The first kappa shape index (κ1) is 42.5. The van der Waals surface area contributed by atoms with Gasteiger partial charge in [-0.1, -0.05) is 66.5 Å². The molecule has 6 nitrogen and oxygen atoms in total. The zero-order valence-corrected chi connectivity index (χ0v) is 32.6. The first-order valence-electron chi connectivity index (χ1n) is 18.8. The molecule has 8 heteroatoms. The molecule has 0 saturated carbocycles. The zero-order valence-electron chi connectivity index (χ0n) is 32.6. The Balaban J connectivity index is 0.000000439. The number of halogens is 2. The number of carbonyl (C=O) groups excluding carboxylic acids is 1. The first-order valence-corrected chi connectivity index (χ1v) is 18.8. The number of fused-ring (bicyclic) bond motifs is 1. The van der Waals surface area contributed by atoms with E-state index in [-0.39, 0.29) is 48.0 Å². The summed E-state index contributed by atoms with van der Waals surface area (Å²) >= 11 is 0. The van der Waals surface area contributed by atoms with Crippen LogP contribution in [0.5, 0.6) is 11.5 Å². The number of benzene rings is 3. The van der Waals surface area contributed by atoms with Gasteiger partial charge in [0.25, 0.3) is 0 Å². The Labute approximate surface area is 311 Å². The molecule has 0 N–H and O–H groups in total. The number of ether oxygens (including phenoxy) is 3. The summed E-state index contributed by atoms with van der Waals surface area (Å²) in [7, 11) is 2.03. The van der Waals surface area contributed by atoms with Crippen LogP contribution in [0.15, 0.2) is 48.5 Å². The number of rotatable bonds is 15. The number of carbonyl (C=O) groups is 1. The lowest BCUT2D eigenvalue weighted by molar-refractivity contribution is -0.125. The Hall–Kier alpha value is -3.93.